The molecule has 0 saturated heterocycles. The summed E-state index contributed by atoms with van der Waals surface area (Å²) >= 11 is 3.98. The Bertz CT molecular complexity index is 527. The van der Waals surface area contributed by atoms with Gasteiger partial charge in [-0.05, 0) is 79.4 Å². The van der Waals surface area contributed by atoms with Gasteiger partial charge in [0.1, 0.15) is 0 Å². The second-order valence-electron chi connectivity index (χ2n) is 9.91. The second-order valence-corrected chi connectivity index (χ2v) is 11.3. The van der Waals surface area contributed by atoms with Crippen molar-refractivity contribution >= 4 is 15.9 Å². The van der Waals surface area contributed by atoms with Crippen LogP contribution in [0.15, 0.2) is 0 Å². The van der Waals surface area contributed by atoms with Crippen LogP contribution in [0.2, 0.25) is 0 Å². The molecule has 10 atom stereocenters. The topological polar surface area (TPSA) is 60.7 Å². The molecule has 4 aliphatic carbocycles. The molecule has 138 valence electrons. The summed E-state index contributed by atoms with van der Waals surface area (Å²) < 4.78 is -0.372. The van der Waals surface area contributed by atoms with Gasteiger partial charge in [0.2, 0.25) is 0 Å². The average molecular weight is 401 g/mol. The van der Waals surface area contributed by atoms with E-state index in [9.17, 15) is 15.3 Å². The Morgan fingerprint density at radius 2 is 1.62 bits per heavy atom. The summed E-state index contributed by atoms with van der Waals surface area (Å²) in [5.41, 5.74) is 0.0592. The molecule has 0 spiro atoms. The fourth-order valence-corrected chi connectivity index (χ4v) is 8.86. The van der Waals surface area contributed by atoms with Gasteiger partial charge in [-0.1, -0.05) is 36.7 Å². The molecule has 0 aromatic heterocycles. The Hall–Kier alpha value is 0.360. The third-order valence-corrected chi connectivity index (χ3v) is 10.9. The van der Waals surface area contributed by atoms with Gasteiger partial charge in [-0.2, -0.15) is 0 Å². The minimum atomic E-state index is -0.432. The summed E-state index contributed by atoms with van der Waals surface area (Å²) in [6.07, 6.45) is 5.83. The fraction of sp³-hybridized carbons (Fsp3) is 1.00. The minimum Gasteiger partial charge on any atom is -0.393 e. The molecule has 5 unspecified atom stereocenters. The fourth-order valence-electron chi connectivity index (χ4n) is 7.58. The number of rotatable bonds is 0. The van der Waals surface area contributed by atoms with Crippen molar-refractivity contribution in [3.05, 3.63) is 0 Å². The molecule has 0 radical (unpaired) electrons. The highest BCUT2D eigenvalue weighted by Gasteiger charge is 2.68. The molecule has 0 aliphatic heterocycles. The zero-order valence-corrected chi connectivity index (χ0v) is 16.8. The highest BCUT2D eigenvalue weighted by molar-refractivity contribution is 9.10. The number of halogens is 1. The maximum atomic E-state index is 11.3. The van der Waals surface area contributed by atoms with E-state index >= 15 is 0 Å². The Morgan fingerprint density at radius 1 is 0.917 bits per heavy atom. The van der Waals surface area contributed by atoms with Gasteiger partial charge in [0.25, 0.3) is 0 Å². The van der Waals surface area contributed by atoms with Crippen LogP contribution in [-0.4, -0.2) is 38.0 Å². The molecule has 4 fully saturated rings. The Kier molecular flexibility index (Phi) is 4.02. The third-order valence-electron chi connectivity index (χ3n) is 9.15. The van der Waals surface area contributed by atoms with E-state index in [0.29, 0.717) is 24.2 Å². The monoisotopic (exact) mass is 400 g/mol. The van der Waals surface area contributed by atoms with Crippen LogP contribution < -0.4 is 0 Å². The summed E-state index contributed by atoms with van der Waals surface area (Å²) in [6.45, 7) is 6.85. The van der Waals surface area contributed by atoms with Crippen molar-refractivity contribution in [2.75, 3.05) is 0 Å². The largest absolute Gasteiger partial charge is 0.393 e. The molecular weight excluding hydrogens is 368 g/mol. The molecule has 0 aromatic carbocycles. The van der Waals surface area contributed by atoms with Crippen LogP contribution in [0.1, 0.15) is 65.7 Å². The van der Waals surface area contributed by atoms with Crippen LogP contribution in [-0.2, 0) is 0 Å². The van der Waals surface area contributed by atoms with E-state index in [1.54, 1.807) is 0 Å². The van der Waals surface area contributed by atoms with Crippen LogP contribution >= 0.6 is 15.9 Å². The number of alkyl halides is 1. The third kappa shape index (κ3) is 2.00. The van der Waals surface area contributed by atoms with Crippen LogP contribution in [0.5, 0.6) is 0 Å². The first-order valence-electron chi connectivity index (χ1n) is 9.88. The molecule has 0 aromatic rings. The first kappa shape index (κ1) is 17.8. The van der Waals surface area contributed by atoms with E-state index in [4.69, 9.17) is 0 Å². The molecule has 3 N–H and O–H groups in total. The summed E-state index contributed by atoms with van der Waals surface area (Å²) in [6, 6.07) is 0. The van der Waals surface area contributed by atoms with E-state index in [-0.39, 0.29) is 33.3 Å². The summed E-state index contributed by atoms with van der Waals surface area (Å²) in [4.78, 5) is 0. The summed E-state index contributed by atoms with van der Waals surface area (Å²) in [5.74, 6) is 1.80. The van der Waals surface area contributed by atoms with Crippen LogP contribution in [0.4, 0.5) is 0 Å². The lowest BCUT2D eigenvalue weighted by atomic mass is 9.42. The summed E-state index contributed by atoms with van der Waals surface area (Å²) in [5, 5.41) is 32.2. The highest BCUT2D eigenvalue weighted by atomic mass is 79.9. The van der Waals surface area contributed by atoms with E-state index in [2.05, 4.69) is 36.7 Å². The van der Waals surface area contributed by atoms with Crippen molar-refractivity contribution in [2.24, 2.45) is 34.5 Å². The lowest BCUT2D eigenvalue weighted by Crippen LogP contribution is -2.68. The van der Waals surface area contributed by atoms with Crippen molar-refractivity contribution < 1.29 is 15.3 Å². The van der Waals surface area contributed by atoms with Crippen LogP contribution in [0.3, 0.4) is 0 Å². The molecule has 4 aliphatic rings. The zero-order valence-electron chi connectivity index (χ0n) is 15.2. The molecule has 0 heterocycles. The minimum absolute atomic E-state index is 0.0255. The molecular formula is C20H33BrO3. The summed E-state index contributed by atoms with van der Waals surface area (Å²) in [7, 11) is 0. The number of hydrogen-bond donors (Lipinski definition) is 3. The van der Waals surface area contributed by atoms with Gasteiger partial charge in [-0.15, -0.1) is 0 Å². The van der Waals surface area contributed by atoms with E-state index < -0.39 is 6.10 Å². The smallest absolute Gasteiger partial charge is 0.0727 e. The molecule has 24 heavy (non-hydrogen) atoms. The lowest BCUT2D eigenvalue weighted by Gasteiger charge is -2.67. The first-order chi connectivity index (χ1) is 11.1. The number of aliphatic hydroxyl groups is 3. The Balaban J connectivity index is 1.76. The van der Waals surface area contributed by atoms with Crippen LogP contribution in [0, 0.1) is 34.5 Å². The SMILES string of the molecule is CC1C(O)C2(Br)CC(O)CC[C@]2(C)[C@@H]2CC[C@]3(C)C(O)CC[C@H]3[C@H]12. The van der Waals surface area contributed by atoms with Gasteiger partial charge in [-0.25, -0.2) is 0 Å². The van der Waals surface area contributed by atoms with E-state index in [1.165, 1.54) is 0 Å². The van der Waals surface area contributed by atoms with Gasteiger partial charge in [0.05, 0.1) is 22.6 Å². The van der Waals surface area contributed by atoms with E-state index in [0.717, 1.165) is 38.5 Å². The quantitative estimate of drug-likeness (QED) is 0.545. The lowest BCUT2D eigenvalue weighted by molar-refractivity contribution is -0.183. The van der Waals surface area contributed by atoms with Crippen LogP contribution in [0.25, 0.3) is 0 Å². The van der Waals surface area contributed by atoms with Gasteiger partial charge in [-0.3, -0.25) is 0 Å². The average Bonchev–Trinajstić information content (AvgIpc) is 2.83. The molecule has 0 amide bonds. The second kappa shape index (κ2) is 5.43. The predicted octanol–water partition coefficient (Wildman–Crippen LogP) is 3.49. The predicted molar refractivity (Wildman–Crippen MR) is 97.8 cm³/mol. The Labute approximate surface area is 154 Å². The number of fused-ring (bicyclic) bond motifs is 5. The first-order valence-corrected chi connectivity index (χ1v) is 10.7. The number of hydrogen-bond acceptors (Lipinski definition) is 3. The van der Waals surface area contributed by atoms with Crippen molar-refractivity contribution in [1.29, 1.82) is 0 Å². The Morgan fingerprint density at radius 3 is 2.33 bits per heavy atom. The van der Waals surface area contributed by atoms with E-state index in [1.807, 2.05) is 0 Å². The zero-order chi connectivity index (χ0) is 17.5. The van der Waals surface area contributed by atoms with Gasteiger partial charge in [0, 0.05) is 0 Å². The normalized spacial score (nSPS) is 63.4. The molecule has 0 bridgehead atoms. The van der Waals surface area contributed by atoms with Crippen molar-refractivity contribution in [3.63, 3.8) is 0 Å². The van der Waals surface area contributed by atoms with Crippen molar-refractivity contribution in [2.45, 2.75) is 88.4 Å². The standard InChI is InChI=1S/C20H33BrO3/c1-11-16-13-4-5-15(23)18(13,2)8-7-14(16)19(3)9-6-12(22)10-20(19,21)17(11)24/h11-17,22-24H,4-10H2,1-3H3/t11?,12?,13-,14+,15?,16-,17?,18-,19+,20?/m0/s1. The van der Waals surface area contributed by atoms with Crippen molar-refractivity contribution in [3.8, 4) is 0 Å². The molecule has 4 rings (SSSR count). The van der Waals surface area contributed by atoms with Crippen molar-refractivity contribution in [1.82, 2.24) is 0 Å². The van der Waals surface area contributed by atoms with Gasteiger partial charge < -0.3 is 15.3 Å². The van der Waals surface area contributed by atoms with Gasteiger partial charge in [0.15, 0.2) is 0 Å². The number of aliphatic hydroxyl groups excluding tert-OH is 3. The van der Waals surface area contributed by atoms with Gasteiger partial charge >= 0.3 is 0 Å². The maximum absolute atomic E-state index is 11.3. The molecule has 3 nitrogen and oxygen atoms in total. The molecule has 4 saturated carbocycles. The highest BCUT2D eigenvalue weighted by Crippen LogP contribution is 2.70. The maximum Gasteiger partial charge on any atom is 0.0727 e. The molecule has 4 heteroatoms.